The zero-order chi connectivity index (χ0) is 28.4. The fourth-order valence-corrected chi connectivity index (χ4v) is 5.93. The van der Waals surface area contributed by atoms with E-state index in [0.717, 1.165) is 12.8 Å². The number of nitrogen functional groups attached to an aromatic ring is 1. The topological polar surface area (TPSA) is 180 Å². The molecule has 1 aliphatic heterocycles. The Balaban J connectivity index is 1.31. The van der Waals surface area contributed by atoms with Gasteiger partial charge in [0.05, 0.1) is 31.4 Å². The molecular formula is C25H33N8O6P. The number of imidazole rings is 1. The molecule has 3 heterocycles. The Morgan fingerprint density at radius 1 is 1.32 bits per heavy atom. The lowest BCUT2D eigenvalue weighted by atomic mass is 10.2. The van der Waals surface area contributed by atoms with Gasteiger partial charge in [0.25, 0.3) is 0 Å². The van der Waals surface area contributed by atoms with Crippen LogP contribution in [0.1, 0.15) is 39.3 Å². The molecule has 1 unspecified atom stereocenters. The molecule has 2 fully saturated rings. The highest BCUT2D eigenvalue weighted by molar-refractivity contribution is 7.52. The molecule has 1 aliphatic carbocycles. The van der Waals surface area contributed by atoms with Crippen LogP contribution in [0, 0.1) is 5.41 Å². The number of hydrogen-bond acceptors (Lipinski definition) is 12. The second-order valence-electron chi connectivity index (χ2n) is 9.71. The molecule has 0 bridgehead atoms. The van der Waals surface area contributed by atoms with E-state index in [2.05, 4.69) is 20.0 Å². The van der Waals surface area contributed by atoms with Gasteiger partial charge in [0, 0.05) is 19.5 Å². The van der Waals surface area contributed by atoms with Crippen molar-refractivity contribution in [2.45, 2.75) is 57.5 Å². The number of para-hydroxylation sites is 1. The summed E-state index contributed by atoms with van der Waals surface area (Å²) in [5, 5.41) is 11.2. The molecule has 4 atom stereocenters. The number of esters is 1. The number of nitrogens with zero attached hydrogens (tertiary/aromatic N) is 5. The van der Waals surface area contributed by atoms with Crippen molar-refractivity contribution in [3.8, 4) is 5.75 Å². The van der Waals surface area contributed by atoms with Gasteiger partial charge >= 0.3 is 13.7 Å². The van der Waals surface area contributed by atoms with Crippen molar-refractivity contribution in [3.05, 3.63) is 36.7 Å². The highest BCUT2D eigenvalue weighted by atomic mass is 31.2. The number of nitrogens with one attached hydrogen (secondary N) is 2. The van der Waals surface area contributed by atoms with Crippen LogP contribution in [-0.2, 0) is 23.4 Å². The van der Waals surface area contributed by atoms with E-state index in [1.54, 1.807) is 48.1 Å². The minimum atomic E-state index is -4.06. The van der Waals surface area contributed by atoms with Crippen LogP contribution in [0.4, 0.5) is 11.8 Å². The number of aromatic nitrogens is 4. The van der Waals surface area contributed by atoms with Crippen molar-refractivity contribution in [1.29, 1.82) is 5.41 Å². The SMILES string of the molecule is CCOC(=O)[C@@H](C)NP(=O)(OC[C@@H]1CC(=N)[C@H](n2cnc3c(N(C)C4CC4)nc(N)nc32)O1)Oc1ccccc1. The van der Waals surface area contributed by atoms with E-state index in [9.17, 15) is 9.36 Å². The van der Waals surface area contributed by atoms with Crippen LogP contribution in [0.25, 0.3) is 11.2 Å². The molecule has 5 rings (SSSR count). The van der Waals surface area contributed by atoms with Crippen LogP contribution in [0.5, 0.6) is 5.75 Å². The molecule has 3 aromatic rings. The van der Waals surface area contributed by atoms with Crippen molar-refractivity contribution in [2.75, 3.05) is 30.9 Å². The molecule has 14 nitrogen and oxygen atoms in total. The maximum atomic E-state index is 13.7. The quantitative estimate of drug-likeness (QED) is 0.214. The number of nitrogens with two attached hydrogens (primary N) is 1. The number of carbonyl (C=O) groups excluding carboxylic acids is 1. The van der Waals surface area contributed by atoms with Gasteiger partial charge in [-0.2, -0.15) is 15.1 Å². The second-order valence-corrected chi connectivity index (χ2v) is 11.4. The first-order valence-electron chi connectivity index (χ1n) is 13.1. The molecule has 1 saturated heterocycles. The minimum Gasteiger partial charge on any atom is -0.465 e. The molecule has 1 saturated carbocycles. The molecule has 4 N–H and O–H groups in total. The van der Waals surface area contributed by atoms with Gasteiger partial charge in [-0.15, -0.1) is 0 Å². The van der Waals surface area contributed by atoms with Gasteiger partial charge in [-0.25, -0.2) is 9.55 Å². The predicted molar refractivity (Wildman–Crippen MR) is 147 cm³/mol. The van der Waals surface area contributed by atoms with Gasteiger partial charge in [-0.3, -0.25) is 13.9 Å². The lowest BCUT2D eigenvalue weighted by Gasteiger charge is -2.24. The fourth-order valence-electron chi connectivity index (χ4n) is 4.41. The van der Waals surface area contributed by atoms with Gasteiger partial charge in [-0.1, -0.05) is 18.2 Å². The summed E-state index contributed by atoms with van der Waals surface area (Å²) >= 11 is 0. The van der Waals surface area contributed by atoms with E-state index in [1.807, 2.05) is 11.9 Å². The highest BCUT2D eigenvalue weighted by Crippen LogP contribution is 2.46. The molecule has 0 spiro atoms. The Kier molecular flexibility index (Phi) is 8.04. The Morgan fingerprint density at radius 3 is 2.77 bits per heavy atom. The zero-order valence-electron chi connectivity index (χ0n) is 22.5. The third-order valence-electron chi connectivity index (χ3n) is 6.56. The number of hydrogen-bond donors (Lipinski definition) is 3. The van der Waals surface area contributed by atoms with Gasteiger partial charge in [0.2, 0.25) is 5.95 Å². The largest absolute Gasteiger partial charge is 0.465 e. The average Bonchev–Trinajstić information content (AvgIpc) is 3.59. The number of benzene rings is 1. The Hall–Kier alpha value is -3.58. The van der Waals surface area contributed by atoms with Gasteiger partial charge < -0.3 is 30.0 Å². The first-order chi connectivity index (χ1) is 19.2. The first kappa shape index (κ1) is 28.0. The van der Waals surface area contributed by atoms with Gasteiger partial charge in [-0.05, 0) is 38.8 Å². The number of fused-ring (bicyclic) bond motifs is 1. The van der Waals surface area contributed by atoms with E-state index in [-0.39, 0.29) is 31.3 Å². The number of anilines is 2. The molecule has 15 heteroatoms. The van der Waals surface area contributed by atoms with Gasteiger partial charge in [0.15, 0.2) is 23.2 Å². The lowest BCUT2D eigenvalue weighted by molar-refractivity contribution is -0.144. The van der Waals surface area contributed by atoms with E-state index < -0.39 is 32.1 Å². The third-order valence-corrected chi connectivity index (χ3v) is 8.20. The highest BCUT2D eigenvalue weighted by Gasteiger charge is 2.38. The Bertz CT molecular complexity index is 1430. The number of ether oxygens (including phenoxy) is 2. The number of rotatable bonds is 12. The smallest absolute Gasteiger partial charge is 0.459 e. The van der Waals surface area contributed by atoms with Crippen LogP contribution in [0.3, 0.4) is 0 Å². The van der Waals surface area contributed by atoms with Crippen LogP contribution in [0.2, 0.25) is 0 Å². The summed E-state index contributed by atoms with van der Waals surface area (Å²) in [4.78, 5) is 27.5. The molecule has 0 amide bonds. The van der Waals surface area contributed by atoms with Crippen LogP contribution >= 0.6 is 7.75 Å². The summed E-state index contributed by atoms with van der Waals surface area (Å²) in [6.07, 6.45) is 2.47. The average molecular weight is 573 g/mol. The molecule has 2 aliphatic rings. The summed E-state index contributed by atoms with van der Waals surface area (Å²) in [5.41, 5.74) is 7.30. The molecular weight excluding hydrogens is 539 g/mol. The minimum absolute atomic E-state index is 0.0990. The monoisotopic (exact) mass is 572 g/mol. The third kappa shape index (κ3) is 6.09. The van der Waals surface area contributed by atoms with Crippen molar-refractivity contribution in [1.82, 2.24) is 24.6 Å². The maximum Gasteiger partial charge on any atom is 0.459 e. The maximum absolute atomic E-state index is 13.7. The van der Waals surface area contributed by atoms with Crippen LogP contribution < -0.4 is 20.2 Å². The van der Waals surface area contributed by atoms with E-state index in [1.165, 1.54) is 6.92 Å². The van der Waals surface area contributed by atoms with E-state index >= 15 is 0 Å². The molecule has 1 aromatic carbocycles. The van der Waals surface area contributed by atoms with E-state index in [4.69, 9.17) is 29.7 Å². The summed E-state index contributed by atoms with van der Waals surface area (Å²) < 4.78 is 37.9. The molecule has 2 aromatic heterocycles. The van der Waals surface area contributed by atoms with Crippen molar-refractivity contribution >= 4 is 42.4 Å². The lowest BCUT2D eigenvalue weighted by Crippen LogP contribution is -2.35. The molecule has 40 heavy (non-hydrogen) atoms. The van der Waals surface area contributed by atoms with E-state index in [0.29, 0.717) is 28.8 Å². The van der Waals surface area contributed by atoms with Crippen LogP contribution in [0.15, 0.2) is 36.7 Å². The van der Waals surface area contributed by atoms with Crippen molar-refractivity contribution < 1.29 is 27.9 Å². The summed E-state index contributed by atoms with van der Waals surface area (Å²) in [6.45, 7) is 3.19. The normalized spacial score (nSPS) is 21.2. The van der Waals surface area contributed by atoms with Crippen LogP contribution in [-0.4, -0.2) is 69.6 Å². The summed E-state index contributed by atoms with van der Waals surface area (Å²) in [7, 11) is -2.11. The predicted octanol–water partition coefficient (Wildman–Crippen LogP) is 3.06. The summed E-state index contributed by atoms with van der Waals surface area (Å²) in [5.74, 6) is 0.430. The fraction of sp³-hybridized carbons (Fsp3) is 0.480. The Labute approximate surface area is 231 Å². The molecule has 0 radical (unpaired) electrons. The van der Waals surface area contributed by atoms with Crippen molar-refractivity contribution in [2.24, 2.45) is 0 Å². The van der Waals surface area contributed by atoms with Gasteiger partial charge in [0.1, 0.15) is 11.8 Å². The zero-order valence-corrected chi connectivity index (χ0v) is 23.4. The number of carbonyl (C=O) groups is 1. The van der Waals surface area contributed by atoms with Crippen molar-refractivity contribution in [3.63, 3.8) is 0 Å². The Morgan fingerprint density at radius 2 is 2.08 bits per heavy atom. The first-order valence-corrected chi connectivity index (χ1v) is 14.6. The summed E-state index contributed by atoms with van der Waals surface area (Å²) in [6, 6.07) is 7.90. The second kappa shape index (κ2) is 11.5. The standard InChI is InChI=1S/C25H33N8O6P/c1-4-36-24(34)15(2)31-40(35,39-17-8-6-5-7-9-17)37-13-18-12-19(26)23(38-18)33-14-28-20-21(32(3)16-10-11-16)29-25(27)30-22(20)33/h5-9,14-16,18,23,26H,4,10-13H2,1-3H3,(H,31,35)(H2,27,29,30)/t15-,18+,23-,40?/m1/s1. The molecule has 214 valence electrons.